The summed E-state index contributed by atoms with van der Waals surface area (Å²) >= 11 is 0. The van der Waals surface area contributed by atoms with Crippen molar-refractivity contribution in [2.24, 2.45) is 0 Å². The van der Waals surface area contributed by atoms with Crippen molar-refractivity contribution in [3.05, 3.63) is 93.7 Å². The number of carbonyl (C=O) groups is 1. The molecule has 0 aliphatic carbocycles. The lowest BCUT2D eigenvalue weighted by molar-refractivity contribution is -0.384. The van der Waals surface area contributed by atoms with Crippen LogP contribution in [0.2, 0.25) is 0 Å². The number of hydrogen-bond donors (Lipinski definition) is 0. The largest absolute Gasteiger partial charge is 0.456 e. The van der Waals surface area contributed by atoms with E-state index in [-0.39, 0.29) is 11.5 Å². The molecule has 0 aliphatic heterocycles. The smallest absolute Gasteiger partial charge is 0.280 e. The predicted molar refractivity (Wildman–Crippen MR) is 95.3 cm³/mol. The van der Waals surface area contributed by atoms with Gasteiger partial charge in [-0.05, 0) is 42.5 Å². The van der Waals surface area contributed by atoms with Gasteiger partial charge in [0.1, 0.15) is 11.5 Å². The maximum Gasteiger partial charge on any atom is 0.280 e. The molecule has 0 saturated heterocycles. The Bertz CT molecular complexity index is 1060. The summed E-state index contributed by atoms with van der Waals surface area (Å²) in [5.41, 5.74) is 1.11. The quantitative estimate of drug-likeness (QED) is 0.291. The predicted octanol–water partition coefficient (Wildman–Crippen LogP) is 4.62. The molecule has 0 unspecified atom stereocenters. The molecule has 6 heteroatoms. The molecule has 1 aromatic heterocycles. The topological polar surface area (TPSA) is 97.1 Å². The van der Waals surface area contributed by atoms with Crippen LogP contribution in [0.4, 0.5) is 5.69 Å². The summed E-state index contributed by atoms with van der Waals surface area (Å²) in [5.74, 6) is 0.463. The third kappa shape index (κ3) is 3.57. The van der Waals surface area contributed by atoms with Crippen LogP contribution in [0.3, 0.4) is 0 Å². The highest BCUT2D eigenvalue weighted by Crippen LogP contribution is 2.31. The highest BCUT2D eigenvalue weighted by atomic mass is 16.6. The number of hydrogen-bond acceptors (Lipinski definition) is 5. The van der Waals surface area contributed by atoms with E-state index in [1.165, 1.54) is 24.3 Å². The number of nitro benzene ring substituents is 1. The highest BCUT2D eigenvalue weighted by Gasteiger charge is 2.16. The first-order chi connectivity index (χ1) is 12.6. The van der Waals surface area contributed by atoms with Gasteiger partial charge in [0.2, 0.25) is 0 Å². The Labute approximate surface area is 148 Å². The normalized spacial score (nSPS) is 10.6. The molecule has 26 heavy (non-hydrogen) atoms. The summed E-state index contributed by atoms with van der Waals surface area (Å²) in [6, 6.07) is 17.9. The number of para-hydroxylation sites is 1. The fourth-order valence-corrected chi connectivity index (χ4v) is 2.42. The molecule has 1 heterocycles. The number of nitro groups is 1. The van der Waals surface area contributed by atoms with E-state index < -0.39 is 4.92 Å². The molecule has 0 atom stereocenters. The van der Waals surface area contributed by atoms with E-state index in [0.717, 1.165) is 0 Å². The van der Waals surface area contributed by atoms with Crippen molar-refractivity contribution in [2.45, 2.75) is 0 Å². The van der Waals surface area contributed by atoms with Gasteiger partial charge >= 0.3 is 0 Å². The summed E-state index contributed by atoms with van der Waals surface area (Å²) < 4.78 is 5.60. The van der Waals surface area contributed by atoms with E-state index in [2.05, 4.69) is 0 Å². The summed E-state index contributed by atoms with van der Waals surface area (Å²) in [6.45, 7) is 0. The Morgan fingerprint density at radius 1 is 1.12 bits per heavy atom. The van der Waals surface area contributed by atoms with E-state index in [1.807, 2.05) is 6.07 Å². The molecule has 0 radical (unpaired) electrons. The Hall–Kier alpha value is -3.98. The van der Waals surface area contributed by atoms with Crippen LogP contribution in [0.25, 0.3) is 17.4 Å². The number of rotatable bonds is 5. The SMILES string of the molecule is N#Cc1cccc(C(=O)/C=C/c2ccc(-c3ccccc3[N+](=O)[O-])o2)c1. The Balaban J connectivity index is 1.83. The van der Waals surface area contributed by atoms with Crippen molar-refractivity contribution in [1.29, 1.82) is 5.26 Å². The Morgan fingerprint density at radius 3 is 2.69 bits per heavy atom. The van der Waals surface area contributed by atoms with Crippen LogP contribution >= 0.6 is 0 Å². The minimum atomic E-state index is -0.473. The van der Waals surface area contributed by atoms with Gasteiger partial charge in [0.25, 0.3) is 5.69 Å². The fraction of sp³-hybridized carbons (Fsp3) is 0. The second-order valence-electron chi connectivity index (χ2n) is 5.37. The van der Waals surface area contributed by atoms with E-state index in [1.54, 1.807) is 48.5 Å². The second-order valence-corrected chi connectivity index (χ2v) is 5.37. The molecular weight excluding hydrogens is 332 g/mol. The van der Waals surface area contributed by atoms with E-state index >= 15 is 0 Å². The van der Waals surface area contributed by atoms with E-state index in [0.29, 0.717) is 28.2 Å². The van der Waals surface area contributed by atoms with Gasteiger partial charge in [-0.3, -0.25) is 14.9 Å². The fourth-order valence-electron chi connectivity index (χ4n) is 2.42. The molecule has 0 amide bonds. The average Bonchev–Trinajstić information content (AvgIpc) is 3.15. The number of furan rings is 1. The van der Waals surface area contributed by atoms with Crippen LogP contribution in [0, 0.1) is 21.4 Å². The van der Waals surface area contributed by atoms with Crippen molar-refractivity contribution in [2.75, 3.05) is 0 Å². The Kier molecular flexibility index (Phi) is 4.72. The lowest BCUT2D eigenvalue weighted by atomic mass is 10.1. The summed E-state index contributed by atoms with van der Waals surface area (Å²) in [5, 5.41) is 20.0. The first-order valence-corrected chi connectivity index (χ1v) is 7.64. The van der Waals surface area contributed by atoms with Gasteiger partial charge in [0.05, 0.1) is 22.1 Å². The van der Waals surface area contributed by atoms with Crippen molar-refractivity contribution >= 4 is 17.5 Å². The number of ketones is 1. The number of nitrogens with zero attached hydrogens (tertiary/aromatic N) is 2. The minimum absolute atomic E-state index is 0.0539. The van der Waals surface area contributed by atoms with Gasteiger partial charge in [0, 0.05) is 11.6 Å². The molecule has 126 valence electrons. The minimum Gasteiger partial charge on any atom is -0.456 e. The van der Waals surface area contributed by atoms with Crippen molar-refractivity contribution in [3.8, 4) is 17.4 Å². The van der Waals surface area contributed by atoms with Crippen molar-refractivity contribution < 1.29 is 14.1 Å². The molecule has 6 nitrogen and oxygen atoms in total. The molecule has 0 aliphatic rings. The molecule has 3 aromatic rings. The molecule has 2 aromatic carbocycles. The molecule has 0 fully saturated rings. The number of nitriles is 1. The second kappa shape index (κ2) is 7.28. The maximum atomic E-state index is 12.2. The lowest BCUT2D eigenvalue weighted by Gasteiger charge is -1.98. The van der Waals surface area contributed by atoms with Gasteiger partial charge in [-0.1, -0.05) is 24.3 Å². The standard InChI is InChI=1S/C20H12N2O4/c21-13-14-4-3-5-15(12-14)19(23)10-8-16-9-11-20(26-16)17-6-1-2-7-18(17)22(24)25/h1-12H/b10-8+. The van der Waals surface area contributed by atoms with Crippen LogP contribution in [0.1, 0.15) is 21.7 Å². The Morgan fingerprint density at radius 2 is 1.92 bits per heavy atom. The number of carbonyl (C=O) groups excluding carboxylic acids is 1. The number of allylic oxidation sites excluding steroid dienone is 1. The van der Waals surface area contributed by atoms with Crippen molar-refractivity contribution in [1.82, 2.24) is 0 Å². The zero-order valence-electron chi connectivity index (χ0n) is 13.5. The van der Waals surface area contributed by atoms with Gasteiger partial charge < -0.3 is 4.42 Å². The highest BCUT2D eigenvalue weighted by molar-refractivity contribution is 6.06. The molecule has 0 bridgehead atoms. The van der Waals surface area contributed by atoms with Gasteiger partial charge in [0.15, 0.2) is 5.78 Å². The average molecular weight is 344 g/mol. The summed E-state index contributed by atoms with van der Waals surface area (Å²) in [6.07, 6.45) is 2.82. The van der Waals surface area contributed by atoms with Crippen LogP contribution in [-0.4, -0.2) is 10.7 Å². The monoisotopic (exact) mass is 344 g/mol. The van der Waals surface area contributed by atoms with Gasteiger partial charge in [-0.15, -0.1) is 0 Å². The summed E-state index contributed by atoms with van der Waals surface area (Å²) in [4.78, 5) is 22.8. The van der Waals surface area contributed by atoms with E-state index in [4.69, 9.17) is 9.68 Å². The molecule has 0 spiro atoms. The van der Waals surface area contributed by atoms with Gasteiger partial charge in [-0.25, -0.2) is 0 Å². The zero-order chi connectivity index (χ0) is 18.5. The molecule has 0 saturated carbocycles. The molecule has 0 N–H and O–H groups in total. The van der Waals surface area contributed by atoms with E-state index in [9.17, 15) is 14.9 Å². The third-order valence-electron chi connectivity index (χ3n) is 3.67. The lowest BCUT2D eigenvalue weighted by Crippen LogP contribution is -1.94. The first kappa shape index (κ1) is 16.9. The maximum absolute atomic E-state index is 12.2. The van der Waals surface area contributed by atoms with Crippen LogP contribution < -0.4 is 0 Å². The van der Waals surface area contributed by atoms with Crippen molar-refractivity contribution in [3.63, 3.8) is 0 Å². The summed E-state index contributed by atoms with van der Waals surface area (Å²) in [7, 11) is 0. The van der Waals surface area contributed by atoms with Gasteiger partial charge in [-0.2, -0.15) is 5.26 Å². The number of benzene rings is 2. The molecule has 3 rings (SSSR count). The molecular formula is C20H12N2O4. The zero-order valence-corrected chi connectivity index (χ0v) is 13.5. The third-order valence-corrected chi connectivity index (χ3v) is 3.67. The van der Waals surface area contributed by atoms with Crippen LogP contribution in [0.5, 0.6) is 0 Å². The first-order valence-electron chi connectivity index (χ1n) is 7.64. The van der Waals surface area contributed by atoms with Crippen LogP contribution in [0.15, 0.2) is 71.2 Å². The van der Waals surface area contributed by atoms with Crippen LogP contribution in [-0.2, 0) is 0 Å².